The van der Waals surface area contributed by atoms with Crippen LogP contribution in [-0.4, -0.2) is 10.7 Å². The van der Waals surface area contributed by atoms with Crippen molar-refractivity contribution in [2.24, 2.45) is 0 Å². The molecule has 1 aliphatic heterocycles. The first-order valence-electron chi connectivity index (χ1n) is 6.05. The highest BCUT2D eigenvalue weighted by atomic mass is 35.5. The maximum atomic E-state index is 6.54. The van der Waals surface area contributed by atoms with Gasteiger partial charge in [-0.25, -0.2) is 0 Å². The van der Waals surface area contributed by atoms with E-state index in [-0.39, 0.29) is 5.38 Å². The molecule has 0 amide bonds. The number of fused-ring (bicyclic) bond motifs is 1. The summed E-state index contributed by atoms with van der Waals surface area (Å²) in [6, 6.07) is 6.39. The van der Waals surface area contributed by atoms with Gasteiger partial charge in [0, 0.05) is 27.9 Å². The van der Waals surface area contributed by atoms with Crippen molar-refractivity contribution >= 4 is 34.7 Å². The molecule has 0 spiro atoms. The van der Waals surface area contributed by atoms with E-state index in [0.29, 0.717) is 0 Å². The summed E-state index contributed by atoms with van der Waals surface area (Å²) in [5.41, 5.74) is 2.76. The molecule has 4 heteroatoms. The first-order chi connectivity index (χ1) is 8.83. The molecule has 1 atom stereocenters. The van der Waals surface area contributed by atoms with Crippen molar-refractivity contribution in [1.29, 1.82) is 0 Å². The van der Waals surface area contributed by atoms with Crippen molar-refractivity contribution in [2.45, 2.75) is 24.0 Å². The Morgan fingerprint density at radius 2 is 2.17 bits per heavy atom. The zero-order valence-corrected chi connectivity index (χ0v) is 12.3. The summed E-state index contributed by atoms with van der Waals surface area (Å²) >= 11 is 10.5. The molecule has 0 saturated carbocycles. The first-order valence-corrected chi connectivity index (χ1v) is 8.46. The van der Waals surface area contributed by atoms with Crippen LogP contribution in [0.3, 0.4) is 0 Å². The summed E-state index contributed by atoms with van der Waals surface area (Å²) in [4.78, 5) is 6.90. The average Bonchev–Trinajstić information content (AvgIpc) is 2.84. The SMILES string of the molecule is ClC(Cc1ccncc1)c1cc2c(s1)CCSC2. The molecule has 0 aliphatic carbocycles. The standard InChI is InChI=1S/C14H14ClNS2/c15-12(7-10-1-4-16-5-2-10)14-8-11-9-17-6-3-13(11)18-14/h1-2,4-5,8,12H,3,6-7,9H2. The number of pyridine rings is 1. The number of halogens is 1. The molecule has 3 rings (SSSR count). The topological polar surface area (TPSA) is 12.9 Å². The number of nitrogens with zero attached hydrogens (tertiary/aromatic N) is 1. The number of hydrogen-bond acceptors (Lipinski definition) is 3. The third-order valence-electron chi connectivity index (χ3n) is 3.12. The van der Waals surface area contributed by atoms with Gasteiger partial charge in [-0.05, 0) is 47.9 Å². The minimum absolute atomic E-state index is 0.0907. The number of rotatable bonds is 3. The zero-order chi connectivity index (χ0) is 12.4. The average molecular weight is 296 g/mol. The predicted octanol–water partition coefficient (Wildman–Crippen LogP) is 4.46. The van der Waals surface area contributed by atoms with E-state index in [9.17, 15) is 0 Å². The summed E-state index contributed by atoms with van der Waals surface area (Å²) in [6.45, 7) is 0. The van der Waals surface area contributed by atoms with Crippen molar-refractivity contribution in [3.05, 3.63) is 51.5 Å². The van der Waals surface area contributed by atoms with Crippen molar-refractivity contribution in [3.8, 4) is 0 Å². The summed E-state index contributed by atoms with van der Waals surface area (Å²) in [7, 11) is 0. The van der Waals surface area contributed by atoms with Crippen molar-refractivity contribution in [3.63, 3.8) is 0 Å². The second-order valence-corrected chi connectivity index (χ2v) is 7.23. The van der Waals surface area contributed by atoms with Gasteiger partial charge in [0.05, 0.1) is 5.38 Å². The van der Waals surface area contributed by atoms with Gasteiger partial charge in [0.15, 0.2) is 0 Å². The van der Waals surface area contributed by atoms with Crippen LogP contribution in [0.2, 0.25) is 0 Å². The molecule has 1 unspecified atom stereocenters. The molecule has 1 nitrogen and oxygen atoms in total. The highest BCUT2D eigenvalue weighted by molar-refractivity contribution is 7.98. The maximum Gasteiger partial charge on any atom is 0.0719 e. The molecular weight excluding hydrogens is 282 g/mol. The molecule has 0 fully saturated rings. The van der Waals surface area contributed by atoms with Crippen LogP contribution in [0.15, 0.2) is 30.6 Å². The Kier molecular flexibility index (Phi) is 3.92. The summed E-state index contributed by atoms with van der Waals surface area (Å²) in [6.07, 6.45) is 5.75. The largest absolute Gasteiger partial charge is 0.265 e. The van der Waals surface area contributed by atoms with Crippen LogP contribution in [-0.2, 0) is 18.6 Å². The molecular formula is C14H14ClNS2. The number of thiophene rings is 1. The fourth-order valence-corrected chi connectivity index (χ4v) is 4.88. The second-order valence-electron chi connectivity index (χ2n) is 4.43. The van der Waals surface area contributed by atoms with E-state index in [1.54, 1.807) is 4.88 Å². The number of aryl methyl sites for hydroxylation is 1. The van der Waals surface area contributed by atoms with Crippen LogP contribution in [0.25, 0.3) is 0 Å². The normalized spacial score (nSPS) is 16.3. The Bertz CT molecular complexity index is 500. The lowest BCUT2D eigenvalue weighted by molar-refractivity contribution is 0.934. The fourth-order valence-electron chi connectivity index (χ4n) is 2.15. The van der Waals surface area contributed by atoms with Crippen molar-refractivity contribution in [2.75, 3.05) is 5.75 Å². The molecule has 2 aromatic heterocycles. The zero-order valence-electron chi connectivity index (χ0n) is 9.93. The van der Waals surface area contributed by atoms with Gasteiger partial charge in [0.1, 0.15) is 0 Å². The van der Waals surface area contributed by atoms with Gasteiger partial charge >= 0.3 is 0 Å². The highest BCUT2D eigenvalue weighted by Crippen LogP contribution is 2.37. The van der Waals surface area contributed by atoms with Crippen LogP contribution in [0, 0.1) is 0 Å². The van der Waals surface area contributed by atoms with E-state index in [1.165, 1.54) is 28.2 Å². The van der Waals surface area contributed by atoms with Crippen LogP contribution in [0.1, 0.15) is 26.3 Å². The van der Waals surface area contributed by atoms with E-state index in [0.717, 1.165) is 12.2 Å². The van der Waals surface area contributed by atoms with Crippen LogP contribution >= 0.6 is 34.7 Å². The van der Waals surface area contributed by atoms with Gasteiger partial charge in [-0.15, -0.1) is 22.9 Å². The molecule has 18 heavy (non-hydrogen) atoms. The molecule has 0 saturated heterocycles. The Balaban J connectivity index is 1.76. The molecule has 94 valence electrons. The van der Waals surface area contributed by atoms with Gasteiger partial charge in [-0.1, -0.05) is 0 Å². The van der Waals surface area contributed by atoms with E-state index in [4.69, 9.17) is 11.6 Å². The van der Waals surface area contributed by atoms with Gasteiger partial charge < -0.3 is 0 Å². The number of thioether (sulfide) groups is 1. The van der Waals surface area contributed by atoms with E-state index >= 15 is 0 Å². The van der Waals surface area contributed by atoms with E-state index in [2.05, 4.69) is 11.1 Å². The molecule has 1 aliphatic rings. The molecule has 0 N–H and O–H groups in total. The quantitative estimate of drug-likeness (QED) is 0.776. The summed E-state index contributed by atoms with van der Waals surface area (Å²) in [5.74, 6) is 2.41. The van der Waals surface area contributed by atoms with E-state index < -0.39 is 0 Å². The Morgan fingerprint density at radius 1 is 1.33 bits per heavy atom. The molecule has 0 bridgehead atoms. The highest BCUT2D eigenvalue weighted by Gasteiger charge is 2.18. The minimum Gasteiger partial charge on any atom is -0.265 e. The third kappa shape index (κ3) is 2.73. The molecule has 0 radical (unpaired) electrons. The van der Waals surface area contributed by atoms with E-state index in [1.807, 2.05) is 47.6 Å². The monoisotopic (exact) mass is 295 g/mol. The van der Waals surface area contributed by atoms with Crippen molar-refractivity contribution < 1.29 is 0 Å². The fraction of sp³-hybridized carbons (Fsp3) is 0.357. The van der Waals surface area contributed by atoms with Crippen LogP contribution in [0.5, 0.6) is 0 Å². The molecule has 2 aromatic rings. The smallest absolute Gasteiger partial charge is 0.0719 e. The van der Waals surface area contributed by atoms with Gasteiger partial charge in [0.25, 0.3) is 0 Å². The number of alkyl halides is 1. The second kappa shape index (κ2) is 5.64. The third-order valence-corrected chi connectivity index (χ3v) is 6.00. The summed E-state index contributed by atoms with van der Waals surface area (Å²) < 4.78 is 0. The maximum absolute atomic E-state index is 6.54. The number of hydrogen-bond donors (Lipinski definition) is 0. The summed E-state index contributed by atoms with van der Waals surface area (Å²) in [5, 5.41) is 0.0907. The van der Waals surface area contributed by atoms with Gasteiger partial charge in [0.2, 0.25) is 0 Å². The lowest BCUT2D eigenvalue weighted by Crippen LogP contribution is -1.96. The predicted molar refractivity (Wildman–Crippen MR) is 80.7 cm³/mol. The Labute approximate surface area is 121 Å². The van der Waals surface area contributed by atoms with Gasteiger partial charge in [-0.2, -0.15) is 11.8 Å². The first kappa shape index (κ1) is 12.5. The lowest BCUT2D eigenvalue weighted by Gasteiger charge is -2.08. The molecule has 0 aromatic carbocycles. The minimum atomic E-state index is 0.0907. The van der Waals surface area contributed by atoms with Crippen LogP contribution < -0.4 is 0 Å². The van der Waals surface area contributed by atoms with Crippen LogP contribution in [0.4, 0.5) is 0 Å². The number of aromatic nitrogens is 1. The van der Waals surface area contributed by atoms with Gasteiger partial charge in [-0.3, -0.25) is 4.98 Å². The van der Waals surface area contributed by atoms with Crippen molar-refractivity contribution in [1.82, 2.24) is 4.98 Å². The molecule has 3 heterocycles. The Hall–Kier alpha value is -0.510. The Morgan fingerprint density at radius 3 is 2.94 bits per heavy atom. The lowest BCUT2D eigenvalue weighted by atomic mass is 10.1.